The van der Waals surface area contributed by atoms with Crippen LogP contribution in [0.5, 0.6) is 0 Å². The minimum Gasteiger partial charge on any atom is -0.326 e. The van der Waals surface area contributed by atoms with E-state index < -0.39 is 0 Å². The summed E-state index contributed by atoms with van der Waals surface area (Å²) in [7, 11) is 0. The summed E-state index contributed by atoms with van der Waals surface area (Å²) in [5.74, 6) is -0.231. The van der Waals surface area contributed by atoms with Crippen molar-refractivity contribution in [3.05, 3.63) is 94.6 Å². The van der Waals surface area contributed by atoms with Gasteiger partial charge < -0.3 is 10.2 Å². The van der Waals surface area contributed by atoms with Gasteiger partial charge in [-0.3, -0.25) is 9.59 Å². The van der Waals surface area contributed by atoms with E-state index in [0.29, 0.717) is 5.02 Å². The Bertz CT molecular complexity index is 1190. The maximum atomic E-state index is 12.9. The standard InChI is InChI=1S/C26H23ClN2O2/c1-17-14-21(20-7-5-8-22(27)15-20)10-11-24(17)28-26(31)16-25-23-9-4-3-6-19(23)12-13-29(25)18(2)30/h3-15,25H,16H2,1-2H3,(H,28,31). The van der Waals surface area contributed by atoms with Gasteiger partial charge >= 0.3 is 0 Å². The van der Waals surface area contributed by atoms with Crippen molar-refractivity contribution in [3.63, 3.8) is 0 Å². The van der Waals surface area contributed by atoms with E-state index in [2.05, 4.69) is 5.32 Å². The molecule has 2 amide bonds. The molecule has 4 rings (SSSR count). The molecule has 1 aliphatic heterocycles. The molecule has 0 aliphatic carbocycles. The van der Waals surface area contributed by atoms with E-state index in [1.54, 1.807) is 11.1 Å². The van der Waals surface area contributed by atoms with Gasteiger partial charge in [-0.2, -0.15) is 0 Å². The number of fused-ring (bicyclic) bond motifs is 1. The minimum atomic E-state index is -0.329. The van der Waals surface area contributed by atoms with E-state index in [1.165, 1.54) is 6.92 Å². The Balaban J connectivity index is 1.53. The van der Waals surface area contributed by atoms with E-state index in [-0.39, 0.29) is 24.3 Å². The second-order valence-corrected chi connectivity index (χ2v) is 8.12. The van der Waals surface area contributed by atoms with Crippen LogP contribution in [0.15, 0.2) is 72.9 Å². The molecule has 0 radical (unpaired) electrons. The number of amides is 2. The second-order valence-electron chi connectivity index (χ2n) is 7.68. The molecule has 0 saturated heterocycles. The highest BCUT2D eigenvalue weighted by molar-refractivity contribution is 6.30. The molecule has 0 saturated carbocycles. The van der Waals surface area contributed by atoms with Crippen LogP contribution in [0.25, 0.3) is 17.2 Å². The summed E-state index contributed by atoms with van der Waals surface area (Å²) in [4.78, 5) is 26.7. The summed E-state index contributed by atoms with van der Waals surface area (Å²) in [6.07, 6.45) is 3.84. The number of carbonyl (C=O) groups excluding carboxylic acids is 2. The van der Waals surface area contributed by atoms with Gasteiger partial charge in [-0.05, 0) is 65.1 Å². The fourth-order valence-electron chi connectivity index (χ4n) is 3.94. The fourth-order valence-corrected chi connectivity index (χ4v) is 4.13. The molecule has 0 fully saturated rings. The van der Waals surface area contributed by atoms with Crippen LogP contribution in [0.3, 0.4) is 0 Å². The first-order chi connectivity index (χ1) is 14.9. The number of aryl methyl sites for hydroxylation is 1. The molecular weight excluding hydrogens is 408 g/mol. The molecule has 4 nitrogen and oxygen atoms in total. The lowest BCUT2D eigenvalue weighted by molar-refractivity contribution is -0.129. The molecule has 1 atom stereocenters. The predicted octanol–water partition coefficient (Wildman–Crippen LogP) is 6.22. The fraction of sp³-hybridized carbons (Fsp3) is 0.154. The molecule has 1 N–H and O–H groups in total. The highest BCUT2D eigenvalue weighted by atomic mass is 35.5. The summed E-state index contributed by atoms with van der Waals surface area (Å²) in [5, 5.41) is 3.70. The van der Waals surface area contributed by atoms with Crippen LogP contribution >= 0.6 is 11.6 Å². The van der Waals surface area contributed by atoms with Crippen LogP contribution in [0, 0.1) is 6.92 Å². The Morgan fingerprint density at radius 2 is 1.77 bits per heavy atom. The van der Waals surface area contributed by atoms with Crippen molar-refractivity contribution in [2.45, 2.75) is 26.3 Å². The minimum absolute atomic E-state index is 0.0920. The molecule has 5 heteroatoms. The maximum Gasteiger partial charge on any atom is 0.226 e. The third kappa shape index (κ3) is 4.54. The lowest BCUT2D eigenvalue weighted by Crippen LogP contribution is -2.33. The largest absolute Gasteiger partial charge is 0.326 e. The number of nitrogens with zero attached hydrogens (tertiary/aromatic N) is 1. The summed E-state index contributed by atoms with van der Waals surface area (Å²) < 4.78 is 0. The quantitative estimate of drug-likeness (QED) is 0.534. The normalized spacial score (nSPS) is 14.8. The first-order valence-electron chi connectivity index (χ1n) is 10.1. The summed E-state index contributed by atoms with van der Waals surface area (Å²) in [5.41, 5.74) is 5.77. The van der Waals surface area contributed by atoms with Crippen molar-refractivity contribution in [1.29, 1.82) is 0 Å². The van der Waals surface area contributed by atoms with Crippen molar-refractivity contribution in [3.8, 4) is 11.1 Å². The molecule has 3 aromatic rings. The molecule has 156 valence electrons. The zero-order valence-electron chi connectivity index (χ0n) is 17.4. The van der Waals surface area contributed by atoms with Crippen molar-refractivity contribution in [2.75, 3.05) is 5.32 Å². The predicted molar refractivity (Wildman–Crippen MR) is 126 cm³/mol. The molecule has 3 aromatic carbocycles. The lowest BCUT2D eigenvalue weighted by Gasteiger charge is -2.32. The molecule has 1 heterocycles. The maximum absolute atomic E-state index is 12.9. The van der Waals surface area contributed by atoms with Gasteiger partial charge in [-0.25, -0.2) is 0 Å². The Morgan fingerprint density at radius 3 is 2.52 bits per heavy atom. The van der Waals surface area contributed by atoms with Crippen LogP contribution in [-0.2, 0) is 9.59 Å². The van der Waals surface area contributed by atoms with Gasteiger partial charge in [0.05, 0.1) is 12.5 Å². The van der Waals surface area contributed by atoms with Crippen LogP contribution in [0.2, 0.25) is 5.02 Å². The summed E-state index contributed by atoms with van der Waals surface area (Å²) in [6, 6.07) is 21.1. The molecule has 31 heavy (non-hydrogen) atoms. The van der Waals surface area contributed by atoms with E-state index in [4.69, 9.17) is 11.6 Å². The number of rotatable bonds is 4. The smallest absolute Gasteiger partial charge is 0.226 e. The number of carbonyl (C=O) groups is 2. The van der Waals surface area contributed by atoms with Crippen molar-refractivity contribution < 1.29 is 9.59 Å². The molecular formula is C26H23ClN2O2. The van der Waals surface area contributed by atoms with Gasteiger partial charge in [0.25, 0.3) is 0 Å². The van der Waals surface area contributed by atoms with Crippen molar-refractivity contribution in [2.24, 2.45) is 0 Å². The van der Waals surface area contributed by atoms with Crippen LogP contribution in [0.4, 0.5) is 5.69 Å². The zero-order valence-corrected chi connectivity index (χ0v) is 18.2. The monoisotopic (exact) mass is 430 g/mol. The first kappa shape index (κ1) is 20.9. The SMILES string of the molecule is CC(=O)N1C=Cc2ccccc2C1CC(=O)Nc1ccc(-c2cccc(Cl)c2)cc1C. The van der Waals surface area contributed by atoms with Crippen LogP contribution in [-0.4, -0.2) is 16.7 Å². The lowest BCUT2D eigenvalue weighted by atomic mass is 9.93. The van der Waals surface area contributed by atoms with Gasteiger partial charge in [0, 0.05) is 23.8 Å². The molecule has 0 aromatic heterocycles. The molecule has 0 spiro atoms. The number of halogens is 1. The molecule has 1 aliphatic rings. The van der Waals surface area contributed by atoms with E-state index in [1.807, 2.05) is 79.7 Å². The second kappa shape index (κ2) is 8.78. The van der Waals surface area contributed by atoms with Crippen LogP contribution < -0.4 is 5.32 Å². The summed E-state index contributed by atoms with van der Waals surface area (Å²) >= 11 is 6.11. The molecule has 0 bridgehead atoms. The Labute approximate surface area is 187 Å². The van der Waals surface area contributed by atoms with Gasteiger partial charge in [-0.15, -0.1) is 0 Å². The topological polar surface area (TPSA) is 49.4 Å². The number of benzene rings is 3. The zero-order chi connectivity index (χ0) is 22.0. The van der Waals surface area contributed by atoms with E-state index in [0.717, 1.165) is 33.5 Å². The third-order valence-electron chi connectivity index (χ3n) is 5.51. The van der Waals surface area contributed by atoms with E-state index in [9.17, 15) is 9.59 Å². The third-order valence-corrected chi connectivity index (χ3v) is 5.74. The number of nitrogens with one attached hydrogen (secondary N) is 1. The van der Waals surface area contributed by atoms with Gasteiger partial charge in [0.1, 0.15) is 0 Å². The number of hydrogen-bond donors (Lipinski definition) is 1. The highest BCUT2D eigenvalue weighted by Crippen LogP contribution is 2.33. The Kier molecular flexibility index (Phi) is 5.92. The average molecular weight is 431 g/mol. The Hall–Kier alpha value is -3.37. The van der Waals surface area contributed by atoms with Gasteiger partial charge in [0.2, 0.25) is 11.8 Å². The van der Waals surface area contributed by atoms with Crippen molar-refractivity contribution >= 4 is 35.2 Å². The van der Waals surface area contributed by atoms with E-state index >= 15 is 0 Å². The average Bonchev–Trinajstić information content (AvgIpc) is 2.75. The highest BCUT2D eigenvalue weighted by Gasteiger charge is 2.28. The van der Waals surface area contributed by atoms with Crippen molar-refractivity contribution in [1.82, 2.24) is 4.90 Å². The van der Waals surface area contributed by atoms with Crippen LogP contribution in [0.1, 0.15) is 36.1 Å². The Morgan fingerprint density at radius 1 is 1.00 bits per heavy atom. The van der Waals surface area contributed by atoms with Gasteiger partial charge in [-0.1, -0.05) is 54.1 Å². The van der Waals surface area contributed by atoms with Gasteiger partial charge in [0.15, 0.2) is 0 Å². The summed E-state index contributed by atoms with van der Waals surface area (Å²) in [6.45, 7) is 3.48. The molecule has 1 unspecified atom stereocenters. The number of anilines is 1. The first-order valence-corrected chi connectivity index (χ1v) is 10.5. The number of hydrogen-bond acceptors (Lipinski definition) is 2.